The third-order valence-electron chi connectivity index (χ3n) is 4.90. The summed E-state index contributed by atoms with van der Waals surface area (Å²) in [4.78, 5) is 0. The van der Waals surface area contributed by atoms with Crippen molar-refractivity contribution in [1.82, 2.24) is 0 Å². The molecule has 3 N–H and O–H groups in total. The highest BCUT2D eigenvalue weighted by Gasteiger charge is 2.22. The van der Waals surface area contributed by atoms with Crippen molar-refractivity contribution in [2.75, 3.05) is 13.7 Å². The van der Waals surface area contributed by atoms with Gasteiger partial charge in [0.1, 0.15) is 11.5 Å². The van der Waals surface area contributed by atoms with Crippen LogP contribution < -0.4 is 15.2 Å². The topological polar surface area (TPSA) is 64.7 Å². The molecule has 0 radical (unpaired) electrons. The highest BCUT2D eigenvalue weighted by Crippen LogP contribution is 2.28. The fraction of sp³-hybridized carbons (Fsp3) is 0.714. The summed E-state index contributed by atoms with van der Waals surface area (Å²) < 4.78 is 11.6. The van der Waals surface area contributed by atoms with Crippen LogP contribution in [0.2, 0.25) is 0 Å². The molecule has 0 heterocycles. The van der Waals surface area contributed by atoms with Crippen molar-refractivity contribution < 1.29 is 14.6 Å². The Labute approximate surface area is 153 Å². The van der Waals surface area contributed by atoms with Crippen LogP contribution in [-0.4, -0.2) is 30.5 Å². The molecular weight excluding hydrogens is 314 g/mol. The van der Waals surface area contributed by atoms with Crippen molar-refractivity contribution in [3.8, 4) is 11.5 Å². The van der Waals surface area contributed by atoms with Crippen LogP contribution in [0.4, 0.5) is 0 Å². The van der Waals surface area contributed by atoms with Crippen LogP contribution in [0.3, 0.4) is 0 Å². The molecule has 1 aromatic carbocycles. The highest BCUT2D eigenvalue weighted by molar-refractivity contribution is 5.41. The Kier molecular flexibility index (Phi) is 9.30. The predicted octanol–water partition coefficient (Wildman–Crippen LogP) is 4.32. The van der Waals surface area contributed by atoms with Crippen molar-refractivity contribution in [2.45, 2.75) is 77.9 Å². The predicted molar refractivity (Wildman–Crippen MR) is 104 cm³/mol. The van der Waals surface area contributed by atoms with E-state index in [-0.39, 0.29) is 12.7 Å². The molecule has 0 amide bonds. The van der Waals surface area contributed by atoms with Crippen LogP contribution in [0.1, 0.15) is 65.4 Å². The molecule has 0 saturated heterocycles. The maximum atomic E-state index is 9.46. The standard InChI is InChI=1S/C21H37NO3/c1-6-21(22,15-23)13-12-18-10-11-19(14-20(18)24-5)25-17(4)9-7-8-16(2)3/h10-11,14,16-17,23H,6-9,12-13,15,22H2,1-5H3. The smallest absolute Gasteiger partial charge is 0.125 e. The Morgan fingerprint density at radius 1 is 1.20 bits per heavy atom. The van der Waals surface area contributed by atoms with Crippen molar-refractivity contribution in [3.05, 3.63) is 23.8 Å². The molecule has 0 aliphatic carbocycles. The molecule has 25 heavy (non-hydrogen) atoms. The van der Waals surface area contributed by atoms with Gasteiger partial charge in [0.05, 0.1) is 19.8 Å². The van der Waals surface area contributed by atoms with Gasteiger partial charge in [-0.1, -0.05) is 33.3 Å². The molecule has 4 heteroatoms. The number of nitrogens with two attached hydrogens (primary N) is 1. The van der Waals surface area contributed by atoms with Gasteiger partial charge in [0.15, 0.2) is 0 Å². The normalized spacial score (nSPS) is 15.0. The fourth-order valence-electron chi connectivity index (χ4n) is 2.86. The summed E-state index contributed by atoms with van der Waals surface area (Å²) in [5, 5.41) is 9.46. The molecule has 0 aliphatic rings. The summed E-state index contributed by atoms with van der Waals surface area (Å²) in [7, 11) is 1.68. The van der Waals surface area contributed by atoms with Gasteiger partial charge >= 0.3 is 0 Å². The maximum Gasteiger partial charge on any atom is 0.125 e. The molecule has 0 saturated carbocycles. The second-order valence-electron chi connectivity index (χ2n) is 7.60. The number of hydrogen-bond acceptors (Lipinski definition) is 4. The summed E-state index contributed by atoms with van der Waals surface area (Å²) >= 11 is 0. The van der Waals surface area contributed by atoms with Gasteiger partial charge in [-0.05, 0) is 56.6 Å². The van der Waals surface area contributed by atoms with Crippen LogP contribution in [0.25, 0.3) is 0 Å². The zero-order valence-corrected chi connectivity index (χ0v) is 16.7. The van der Waals surface area contributed by atoms with Gasteiger partial charge in [0.25, 0.3) is 0 Å². The molecule has 2 unspecified atom stereocenters. The molecule has 4 nitrogen and oxygen atoms in total. The van der Waals surface area contributed by atoms with Crippen LogP contribution in [-0.2, 0) is 6.42 Å². The van der Waals surface area contributed by atoms with Crippen molar-refractivity contribution >= 4 is 0 Å². The molecule has 0 spiro atoms. The average Bonchev–Trinajstić information content (AvgIpc) is 2.59. The number of ether oxygens (including phenoxy) is 2. The maximum absolute atomic E-state index is 9.46. The van der Waals surface area contributed by atoms with Crippen LogP contribution in [0.5, 0.6) is 11.5 Å². The number of aryl methyl sites for hydroxylation is 1. The molecule has 0 aromatic heterocycles. The van der Waals surface area contributed by atoms with Gasteiger partial charge in [0, 0.05) is 11.6 Å². The zero-order valence-electron chi connectivity index (χ0n) is 16.7. The Morgan fingerprint density at radius 3 is 2.48 bits per heavy atom. The summed E-state index contributed by atoms with van der Waals surface area (Å²) in [6.07, 6.45) is 5.93. The molecule has 1 aromatic rings. The number of aliphatic hydroxyl groups excluding tert-OH is 1. The number of methoxy groups -OCH3 is 1. The average molecular weight is 352 g/mol. The van der Waals surface area contributed by atoms with Crippen LogP contribution in [0.15, 0.2) is 18.2 Å². The monoisotopic (exact) mass is 351 g/mol. The molecular formula is C21H37NO3. The van der Waals surface area contributed by atoms with Gasteiger partial charge in [-0.15, -0.1) is 0 Å². The first-order valence-corrected chi connectivity index (χ1v) is 9.57. The van der Waals surface area contributed by atoms with E-state index in [1.807, 2.05) is 25.1 Å². The van der Waals surface area contributed by atoms with Crippen LogP contribution >= 0.6 is 0 Å². The van der Waals surface area contributed by atoms with E-state index < -0.39 is 5.54 Å². The Hall–Kier alpha value is -1.26. The van der Waals surface area contributed by atoms with Crippen molar-refractivity contribution in [1.29, 1.82) is 0 Å². The summed E-state index contributed by atoms with van der Waals surface area (Å²) in [6, 6.07) is 6.00. The molecule has 0 fully saturated rings. The van der Waals surface area contributed by atoms with Crippen LogP contribution in [0, 0.1) is 5.92 Å². The zero-order chi connectivity index (χ0) is 18.9. The third kappa shape index (κ3) is 7.66. The lowest BCUT2D eigenvalue weighted by atomic mass is 9.90. The molecule has 0 aliphatic heterocycles. The van der Waals surface area contributed by atoms with Gasteiger partial charge in [-0.25, -0.2) is 0 Å². The van der Waals surface area contributed by atoms with Gasteiger partial charge in [-0.3, -0.25) is 0 Å². The molecule has 1 rings (SSSR count). The quantitative estimate of drug-likeness (QED) is 0.588. The van der Waals surface area contributed by atoms with E-state index in [0.29, 0.717) is 0 Å². The summed E-state index contributed by atoms with van der Waals surface area (Å²) in [6.45, 7) is 8.62. The van der Waals surface area contributed by atoms with Gasteiger partial charge in [0.2, 0.25) is 0 Å². The Balaban J connectivity index is 2.65. The number of aliphatic hydroxyl groups is 1. The minimum absolute atomic E-state index is 0.000895. The first-order chi connectivity index (χ1) is 11.8. The SMILES string of the molecule is CCC(N)(CO)CCc1ccc(OC(C)CCCC(C)C)cc1OC. The van der Waals surface area contributed by atoms with E-state index in [1.165, 1.54) is 12.8 Å². The van der Waals surface area contributed by atoms with E-state index in [9.17, 15) is 5.11 Å². The van der Waals surface area contributed by atoms with Crippen molar-refractivity contribution in [2.24, 2.45) is 11.7 Å². The van der Waals surface area contributed by atoms with E-state index >= 15 is 0 Å². The van der Waals surface area contributed by atoms with Gasteiger partial charge in [-0.2, -0.15) is 0 Å². The number of benzene rings is 1. The van der Waals surface area contributed by atoms with Gasteiger partial charge < -0.3 is 20.3 Å². The largest absolute Gasteiger partial charge is 0.496 e. The van der Waals surface area contributed by atoms with E-state index in [1.54, 1.807) is 7.11 Å². The van der Waals surface area contributed by atoms with E-state index in [4.69, 9.17) is 15.2 Å². The molecule has 144 valence electrons. The first-order valence-electron chi connectivity index (χ1n) is 9.57. The van der Waals surface area contributed by atoms with Crippen molar-refractivity contribution in [3.63, 3.8) is 0 Å². The lowest BCUT2D eigenvalue weighted by Gasteiger charge is -2.26. The first kappa shape index (κ1) is 21.8. The lowest BCUT2D eigenvalue weighted by molar-refractivity contribution is 0.182. The highest BCUT2D eigenvalue weighted by atomic mass is 16.5. The minimum atomic E-state index is -0.523. The summed E-state index contributed by atoms with van der Waals surface area (Å²) in [5.74, 6) is 2.40. The lowest BCUT2D eigenvalue weighted by Crippen LogP contribution is -2.43. The minimum Gasteiger partial charge on any atom is -0.496 e. The second kappa shape index (κ2) is 10.7. The fourth-order valence-corrected chi connectivity index (χ4v) is 2.86. The Morgan fingerprint density at radius 2 is 1.92 bits per heavy atom. The Bertz CT molecular complexity index is 498. The van der Waals surface area contributed by atoms with E-state index in [2.05, 4.69) is 20.8 Å². The number of rotatable bonds is 12. The van der Waals surface area contributed by atoms with E-state index in [0.717, 1.165) is 48.7 Å². The third-order valence-corrected chi connectivity index (χ3v) is 4.90. The summed E-state index contributed by atoms with van der Waals surface area (Å²) in [5.41, 5.74) is 6.76. The number of hydrogen-bond donors (Lipinski definition) is 2. The molecule has 0 bridgehead atoms. The molecule has 2 atom stereocenters. The second-order valence-corrected chi connectivity index (χ2v) is 7.60.